The Balaban J connectivity index is 2.80. The standard InChI is InChI=1S/C8H15N4/c1-10(2)8-11(3)6-7-12(8)5-4-9/h5-7H2,1-3H3/q+1. The van der Waals surface area contributed by atoms with E-state index in [-0.39, 0.29) is 0 Å². The molecular weight excluding hydrogens is 152 g/mol. The van der Waals surface area contributed by atoms with Gasteiger partial charge in [0.2, 0.25) is 0 Å². The molecule has 4 nitrogen and oxygen atoms in total. The molecule has 4 heteroatoms. The molecule has 0 aromatic carbocycles. The highest BCUT2D eigenvalue weighted by Crippen LogP contribution is 2.04. The van der Waals surface area contributed by atoms with Gasteiger partial charge in [-0.2, -0.15) is 5.26 Å². The molecule has 0 amide bonds. The van der Waals surface area contributed by atoms with Gasteiger partial charge in [-0.1, -0.05) is 0 Å². The van der Waals surface area contributed by atoms with Crippen LogP contribution >= 0.6 is 0 Å². The second-order valence-electron chi connectivity index (χ2n) is 3.20. The average Bonchev–Trinajstić information content (AvgIpc) is 2.32. The first-order valence-electron chi connectivity index (χ1n) is 4.04. The van der Waals surface area contributed by atoms with Crippen molar-refractivity contribution in [2.75, 3.05) is 40.8 Å². The van der Waals surface area contributed by atoms with Crippen molar-refractivity contribution in [1.82, 2.24) is 9.80 Å². The lowest BCUT2D eigenvalue weighted by atomic mass is 10.5. The molecule has 0 atom stereocenters. The minimum atomic E-state index is 0.484. The van der Waals surface area contributed by atoms with E-state index in [2.05, 4.69) is 15.9 Å². The van der Waals surface area contributed by atoms with Gasteiger partial charge >= 0.3 is 5.96 Å². The quantitative estimate of drug-likeness (QED) is 0.386. The van der Waals surface area contributed by atoms with Gasteiger partial charge < -0.3 is 0 Å². The molecule has 1 aliphatic heterocycles. The maximum Gasteiger partial charge on any atom is 0.350 e. The van der Waals surface area contributed by atoms with Crippen molar-refractivity contribution in [2.45, 2.75) is 0 Å². The van der Waals surface area contributed by atoms with Crippen LogP contribution in [0.15, 0.2) is 0 Å². The number of hydrogen-bond donors (Lipinski definition) is 0. The van der Waals surface area contributed by atoms with Gasteiger partial charge in [0.25, 0.3) is 0 Å². The molecule has 0 aliphatic carbocycles. The van der Waals surface area contributed by atoms with Crippen molar-refractivity contribution < 1.29 is 4.58 Å². The molecular formula is C8H15N4+. The monoisotopic (exact) mass is 167 g/mol. The minimum Gasteiger partial charge on any atom is -0.270 e. The fourth-order valence-electron chi connectivity index (χ4n) is 1.57. The molecule has 0 unspecified atom stereocenters. The number of nitriles is 1. The van der Waals surface area contributed by atoms with E-state index in [1.807, 2.05) is 25.7 Å². The van der Waals surface area contributed by atoms with Gasteiger partial charge in [-0.15, -0.1) is 0 Å². The van der Waals surface area contributed by atoms with E-state index in [0.29, 0.717) is 6.54 Å². The molecule has 0 saturated carbocycles. The Morgan fingerprint density at radius 3 is 2.67 bits per heavy atom. The summed E-state index contributed by atoms with van der Waals surface area (Å²) in [6, 6.07) is 2.17. The Kier molecular flexibility index (Phi) is 2.54. The van der Waals surface area contributed by atoms with Crippen molar-refractivity contribution in [1.29, 1.82) is 5.26 Å². The normalized spacial score (nSPS) is 16.7. The van der Waals surface area contributed by atoms with E-state index in [0.717, 1.165) is 19.0 Å². The highest BCUT2D eigenvalue weighted by molar-refractivity contribution is 5.77. The summed E-state index contributed by atoms with van der Waals surface area (Å²) < 4.78 is 2.05. The average molecular weight is 167 g/mol. The van der Waals surface area contributed by atoms with E-state index in [4.69, 9.17) is 5.26 Å². The first kappa shape index (κ1) is 8.85. The summed E-state index contributed by atoms with van der Waals surface area (Å²) >= 11 is 0. The number of hydrogen-bond acceptors (Lipinski definition) is 1. The highest BCUT2D eigenvalue weighted by atomic mass is 15.4. The van der Waals surface area contributed by atoms with Crippen molar-refractivity contribution in [3.63, 3.8) is 0 Å². The Morgan fingerprint density at radius 1 is 1.50 bits per heavy atom. The Hall–Kier alpha value is -1.24. The van der Waals surface area contributed by atoms with Gasteiger partial charge in [0, 0.05) is 0 Å². The van der Waals surface area contributed by atoms with Gasteiger partial charge in [-0.25, -0.2) is 4.90 Å². The van der Waals surface area contributed by atoms with E-state index in [1.54, 1.807) is 0 Å². The Labute approximate surface area is 73.3 Å². The lowest BCUT2D eigenvalue weighted by molar-refractivity contribution is -0.474. The van der Waals surface area contributed by atoms with Crippen LogP contribution in [0.3, 0.4) is 0 Å². The van der Waals surface area contributed by atoms with E-state index >= 15 is 0 Å². The summed E-state index contributed by atoms with van der Waals surface area (Å²) in [5, 5.41) is 8.57. The van der Waals surface area contributed by atoms with Crippen LogP contribution in [0.25, 0.3) is 0 Å². The maximum absolute atomic E-state index is 8.57. The van der Waals surface area contributed by atoms with Crippen molar-refractivity contribution in [3.8, 4) is 6.07 Å². The van der Waals surface area contributed by atoms with Crippen LogP contribution in [0.5, 0.6) is 0 Å². The molecule has 0 radical (unpaired) electrons. The second-order valence-corrected chi connectivity index (χ2v) is 3.20. The number of nitrogens with zero attached hydrogens (tertiary/aromatic N) is 4. The molecule has 0 aromatic heterocycles. The van der Waals surface area contributed by atoms with Crippen molar-refractivity contribution in [3.05, 3.63) is 0 Å². The highest BCUT2D eigenvalue weighted by Gasteiger charge is 2.31. The third kappa shape index (κ3) is 1.50. The minimum absolute atomic E-state index is 0.484. The molecule has 1 rings (SSSR count). The molecule has 1 heterocycles. The van der Waals surface area contributed by atoms with Crippen LogP contribution in [0.1, 0.15) is 0 Å². The zero-order chi connectivity index (χ0) is 9.14. The topological polar surface area (TPSA) is 33.3 Å². The molecule has 0 N–H and O–H groups in total. The molecule has 1 saturated heterocycles. The zero-order valence-electron chi connectivity index (χ0n) is 7.91. The lowest BCUT2D eigenvalue weighted by Gasteiger charge is -2.12. The first-order chi connectivity index (χ1) is 5.66. The van der Waals surface area contributed by atoms with Crippen molar-refractivity contribution in [2.24, 2.45) is 0 Å². The van der Waals surface area contributed by atoms with Crippen LogP contribution in [-0.4, -0.2) is 61.1 Å². The fraction of sp³-hybridized carbons (Fsp3) is 0.750. The number of guanidine groups is 1. The molecule has 66 valence electrons. The SMILES string of the molecule is CN1CCN(CC#N)C1=[N+](C)C. The Bertz CT molecular complexity index is 234. The summed E-state index contributed by atoms with van der Waals surface area (Å²) in [4.78, 5) is 4.25. The van der Waals surface area contributed by atoms with Gasteiger partial charge in [-0.05, 0) is 0 Å². The Morgan fingerprint density at radius 2 is 2.17 bits per heavy atom. The fourth-order valence-corrected chi connectivity index (χ4v) is 1.57. The summed E-state index contributed by atoms with van der Waals surface area (Å²) in [5.74, 6) is 1.14. The summed E-state index contributed by atoms with van der Waals surface area (Å²) in [5.41, 5.74) is 0. The van der Waals surface area contributed by atoms with E-state index in [9.17, 15) is 0 Å². The second kappa shape index (κ2) is 3.44. The summed E-state index contributed by atoms with van der Waals surface area (Å²) in [6.45, 7) is 2.45. The van der Waals surface area contributed by atoms with Gasteiger partial charge in [0.15, 0.2) is 6.54 Å². The predicted molar refractivity (Wildman–Crippen MR) is 46.9 cm³/mol. The van der Waals surface area contributed by atoms with Gasteiger partial charge in [0.1, 0.15) is 6.07 Å². The summed E-state index contributed by atoms with van der Waals surface area (Å²) in [6.07, 6.45) is 0. The molecule has 0 aromatic rings. The molecule has 0 bridgehead atoms. The van der Waals surface area contributed by atoms with Crippen LogP contribution < -0.4 is 0 Å². The van der Waals surface area contributed by atoms with Crippen molar-refractivity contribution >= 4 is 5.96 Å². The van der Waals surface area contributed by atoms with Crippen LogP contribution in [-0.2, 0) is 0 Å². The van der Waals surface area contributed by atoms with Crippen LogP contribution in [0.2, 0.25) is 0 Å². The lowest BCUT2D eigenvalue weighted by Crippen LogP contribution is -2.37. The first-order valence-corrected chi connectivity index (χ1v) is 4.04. The predicted octanol–water partition coefficient (Wildman–Crippen LogP) is -0.615. The molecule has 1 fully saturated rings. The molecule has 0 spiro atoms. The maximum atomic E-state index is 8.57. The number of rotatable bonds is 1. The van der Waals surface area contributed by atoms with E-state index in [1.165, 1.54) is 0 Å². The molecule has 12 heavy (non-hydrogen) atoms. The zero-order valence-corrected chi connectivity index (χ0v) is 7.91. The number of likely N-dealkylation sites (N-methyl/N-ethyl adjacent to an activating group) is 1. The van der Waals surface area contributed by atoms with E-state index < -0.39 is 0 Å². The summed E-state index contributed by atoms with van der Waals surface area (Å²) in [7, 11) is 6.05. The largest absolute Gasteiger partial charge is 0.350 e. The van der Waals surface area contributed by atoms with Crippen LogP contribution in [0.4, 0.5) is 0 Å². The third-order valence-corrected chi connectivity index (χ3v) is 1.99. The van der Waals surface area contributed by atoms with Crippen LogP contribution in [0, 0.1) is 11.3 Å². The van der Waals surface area contributed by atoms with Gasteiger partial charge in [0.05, 0.1) is 34.2 Å². The smallest absolute Gasteiger partial charge is 0.270 e. The third-order valence-electron chi connectivity index (χ3n) is 1.99. The molecule has 1 aliphatic rings. The van der Waals surface area contributed by atoms with Gasteiger partial charge in [-0.3, -0.25) is 9.48 Å².